The minimum atomic E-state index is -3.70. The zero-order valence-electron chi connectivity index (χ0n) is 11.2. The number of hydrogen-bond acceptors (Lipinski definition) is 3. The maximum atomic E-state index is 11.4. The van der Waals surface area contributed by atoms with Crippen molar-refractivity contribution in [2.75, 3.05) is 0 Å². The Morgan fingerprint density at radius 3 is 2.44 bits per heavy atom. The minimum absolute atomic E-state index is 0.139. The number of unbranched alkanes of at least 4 members (excludes halogenated alkanes) is 3. The van der Waals surface area contributed by atoms with Gasteiger partial charge in [-0.2, -0.15) is 0 Å². The highest BCUT2D eigenvalue weighted by Gasteiger charge is 2.17. The molecule has 102 valence electrons. The van der Waals surface area contributed by atoms with Gasteiger partial charge in [0.15, 0.2) is 0 Å². The van der Waals surface area contributed by atoms with Crippen molar-refractivity contribution in [3.8, 4) is 0 Å². The zero-order chi connectivity index (χ0) is 13.8. The first-order chi connectivity index (χ1) is 8.38. The summed E-state index contributed by atoms with van der Waals surface area (Å²) in [4.78, 5) is 4.28. The van der Waals surface area contributed by atoms with Crippen LogP contribution < -0.4 is 0 Å². The van der Waals surface area contributed by atoms with E-state index in [4.69, 9.17) is 10.7 Å². The number of aryl methyl sites for hydroxylation is 1. The second kappa shape index (κ2) is 6.53. The van der Waals surface area contributed by atoms with E-state index in [1.54, 1.807) is 6.92 Å². The number of nitrogens with zero attached hydrogens (tertiary/aromatic N) is 1. The molecule has 3 nitrogen and oxygen atoms in total. The molecule has 0 fully saturated rings. The molecule has 0 radical (unpaired) electrons. The third-order valence-electron chi connectivity index (χ3n) is 3.18. The molecule has 0 N–H and O–H groups in total. The van der Waals surface area contributed by atoms with Gasteiger partial charge in [0, 0.05) is 22.6 Å². The van der Waals surface area contributed by atoms with E-state index in [0.717, 1.165) is 36.1 Å². The molecular formula is C13H20ClNO2S. The van der Waals surface area contributed by atoms with Crippen molar-refractivity contribution in [2.45, 2.75) is 57.8 Å². The van der Waals surface area contributed by atoms with E-state index < -0.39 is 9.05 Å². The van der Waals surface area contributed by atoms with E-state index in [1.807, 2.05) is 6.92 Å². The lowest BCUT2D eigenvalue weighted by atomic mass is 10.0. The summed E-state index contributed by atoms with van der Waals surface area (Å²) in [7, 11) is 1.71. The van der Waals surface area contributed by atoms with Crippen molar-refractivity contribution >= 4 is 19.7 Å². The minimum Gasteiger partial charge on any atom is -0.260 e. The summed E-state index contributed by atoms with van der Waals surface area (Å²) in [6.07, 6.45) is 6.83. The Balaban J connectivity index is 2.97. The van der Waals surface area contributed by atoms with Crippen molar-refractivity contribution in [3.63, 3.8) is 0 Å². The van der Waals surface area contributed by atoms with Gasteiger partial charge in [-0.3, -0.25) is 4.98 Å². The Labute approximate surface area is 114 Å². The molecule has 0 spiro atoms. The maximum Gasteiger partial charge on any atom is 0.263 e. The Bertz CT molecular complexity index is 512. The van der Waals surface area contributed by atoms with E-state index in [1.165, 1.54) is 19.0 Å². The molecule has 0 bridgehead atoms. The maximum absolute atomic E-state index is 11.4. The van der Waals surface area contributed by atoms with Crippen LogP contribution in [0.15, 0.2) is 11.1 Å². The lowest BCUT2D eigenvalue weighted by Gasteiger charge is -2.11. The van der Waals surface area contributed by atoms with Crippen molar-refractivity contribution < 1.29 is 8.42 Å². The van der Waals surface area contributed by atoms with Gasteiger partial charge < -0.3 is 0 Å². The summed E-state index contributed by atoms with van der Waals surface area (Å²) in [5.74, 6) is 0. The molecule has 1 aromatic heterocycles. The highest BCUT2D eigenvalue weighted by molar-refractivity contribution is 8.13. The predicted octanol–water partition coefficient (Wildman–Crippen LogP) is 3.75. The number of rotatable bonds is 6. The molecular weight excluding hydrogens is 270 g/mol. The van der Waals surface area contributed by atoms with Crippen molar-refractivity contribution in [2.24, 2.45) is 0 Å². The number of pyridine rings is 1. The lowest BCUT2D eigenvalue weighted by molar-refractivity contribution is 0.607. The molecule has 18 heavy (non-hydrogen) atoms. The molecule has 1 rings (SSSR count). The summed E-state index contributed by atoms with van der Waals surface area (Å²) in [6.45, 7) is 5.88. The Morgan fingerprint density at radius 2 is 1.89 bits per heavy atom. The summed E-state index contributed by atoms with van der Waals surface area (Å²) in [6, 6.07) is 0. The first-order valence-corrected chi connectivity index (χ1v) is 8.58. The molecule has 0 saturated heterocycles. The van der Waals surface area contributed by atoms with Crippen molar-refractivity contribution in [3.05, 3.63) is 23.0 Å². The van der Waals surface area contributed by atoms with Crippen molar-refractivity contribution in [1.29, 1.82) is 0 Å². The second-order valence-corrected chi connectivity index (χ2v) is 7.09. The third-order valence-corrected chi connectivity index (χ3v) is 4.61. The molecule has 0 unspecified atom stereocenters. The molecule has 0 aromatic carbocycles. The summed E-state index contributed by atoms with van der Waals surface area (Å²) in [5, 5.41) is 0. The fourth-order valence-corrected chi connectivity index (χ4v) is 3.23. The van der Waals surface area contributed by atoms with Gasteiger partial charge in [0.05, 0.1) is 0 Å². The van der Waals surface area contributed by atoms with Crippen molar-refractivity contribution in [1.82, 2.24) is 4.98 Å². The number of halogens is 1. The molecule has 0 aliphatic heterocycles. The summed E-state index contributed by atoms with van der Waals surface area (Å²) < 4.78 is 22.8. The van der Waals surface area contributed by atoms with E-state index in [-0.39, 0.29) is 4.90 Å². The molecule has 0 aliphatic rings. The van der Waals surface area contributed by atoms with Crippen LogP contribution in [0.5, 0.6) is 0 Å². The van der Waals surface area contributed by atoms with Gasteiger partial charge in [-0.15, -0.1) is 0 Å². The van der Waals surface area contributed by atoms with Gasteiger partial charge in [0.1, 0.15) is 4.90 Å². The Hall–Kier alpha value is -0.610. The molecule has 0 amide bonds. The van der Waals surface area contributed by atoms with Gasteiger partial charge in [-0.25, -0.2) is 8.42 Å². The molecule has 1 aromatic rings. The van der Waals surface area contributed by atoms with Crippen LogP contribution in [0.3, 0.4) is 0 Å². The number of hydrogen-bond donors (Lipinski definition) is 0. The van der Waals surface area contributed by atoms with Gasteiger partial charge in [-0.05, 0) is 37.8 Å². The lowest BCUT2D eigenvalue weighted by Crippen LogP contribution is -2.04. The van der Waals surface area contributed by atoms with Gasteiger partial charge in [0.2, 0.25) is 0 Å². The monoisotopic (exact) mass is 289 g/mol. The molecule has 0 atom stereocenters. The van der Waals surface area contributed by atoms with Crippen LogP contribution in [0.1, 0.15) is 49.4 Å². The Morgan fingerprint density at radius 1 is 1.22 bits per heavy atom. The first kappa shape index (κ1) is 15.4. The van der Waals surface area contributed by atoms with E-state index in [0.29, 0.717) is 0 Å². The normalized spacial score (nSPS) is 11.8. The van der Waals surface area contributed by atoms with Crippen LogP contribution in [0, 0.1) is 13.8 Å². The van der Waals surface area contributed by atoms with E-state index in [9.17, 15) is 8.42 Å². The van der Waals surface area contributed by atoms with Gasteiger partial charge in [0.25, 0.3) is 9.05 Å². The quantitative estimate of drug-likeness (QED) is 0.592. The van der Waals surface area contributed by atoms with Crippen LogP contribution in [-0.2, 0) is 15.5 Å². The first-order valence-electron chi connectivity index (χ1n) is 6.27. The fourth-order valence-electron chi connectivity index (χ4n) is 2.09. The molecule has 0 saturated carbocycles. The molecule has 1 heterocycles. The molecule has 5 heteroatoms. The van der Waals surface area contributed by atoms with Crippen LogP contribution in [-0.4, -0.2) is 13.4 Å². The smallest absolute Gasteiger partial charge is 0.260 e. The topological polar surface area (TPSA) is 47.0 Å². The summed E-state index contributed by atoms with van der Waals surface area (Å²) >= 11 is 0. The van der Waals surface area contributed by atoms with Crippen LogP contribution in [0.2, 0.25) is 0 Å². The Kier molecular flexibility index (Phi) is 5.60. The summed E-state index contributed by atoms with van der Waals surface area (Å²) in [5.41, 5.74) is 2.66. The second-order valence-electron chi connectivity index (χ2n) is 4.56. The van der Waals surface area contributed by atoms with Gasteiger partial charge in [-0.1, -0.05) is 26.2 Å². The average Bonchev–Trinajstić information content (AvgIpc) is 2.26. The largest absolute Gasteiger partial charge is 0.263 e. The fraction of sp³-hybridized carbons (Fsp3) is 0.615. The standard InChI is InChI=1S/C13H20ClNO2S/c1-4-5-6-7-8-12-10(2)13(18(14,16)17)9-15-11(12)3/h9H,4-8H2,1-3H3. The van der Waals surface area contributed by atoms with Crippen LogP contribution >= 0.6 is 10.7 Å². The highest BCUT2D eigenvalue weighted by atomic mass is 35.7. The van der Waals surface area contributed by atoms with E-state index >= 15 is 0 Å². The third kappa shape index (κ3) is 3.95. The SMILES string of the molecule is CCCCCCc1c(C)ncc(S(=O)(=O)Cl)c1C. The predicted molar refractivity (Wildman–Crippen MR) is 74.6 cm³/mol. The average molecular weight is 290 g/mol. The highest BCUT2D eigenvalue weighted by Crippen LogP contribution is 2.24. The van der Waals surface area contributed by atoms with E-state index in [2.05, 4.69) is 11.9 Å². The van der Waals surface area contributed by atoms with Crippen LogP contribution in [0.4, 0.5) is 0 Å². The van der Waals surface area contributed by atoms with Gasteiger partial charge >= 0.3 is 0 Å². The zero-order valence-corrected chi connectivity index (χ0v) is 12.7. The van der Waals surface area contributed by atoms with Crippen LogP contribution in [0.25, 0.3) is 0 Å². The number of aromatic nitrogens is 1. The molecule has 0 aliphatic carbocycles.